The molecule has 1 aromatic heterocycles. The van der Waals surface area contributed by atoms with E-state index in [9.17, 15) is 0 Å². The molecule has 0 spiro atoms. The fraction of sp³-hybridized carbons (Fsp3) is 0.286. The predicted molar refractivity (Wildman–Crippen MR) is 63.0 cm³/mol. The first-order valence-electron chi connectivity index (χ1n) is 5.33. The average Bonchev–Trinajstić information content (AvgIpc) is 2.68. The van der Waals surface area contributed by atoms with Crippen LogP contribution >= 0.6 is 0 Å². The van der Waals surface area contributed by atoms with E-state index in [0.717, 1.165) is 17.1 Å². The second-order valence-electron chi connectivity index (χ2n) is 4.22. The van der Waals surface area contributed by atoms with Crippen LogP contribution in [0.25, 0.3) is 11.3 Å². The molecule has 0 aliphatic heterocycles. The first-order chi connectivity index (χ1) is 7.16. The summed E-state index contributed by atoms with van der Waals surface area (Å²) in [6.07, 6.45) is 0. The summed E-state index contributed by atoms with van der Waals surface area (Å²) < 4.78 is 5.77. The third-order valence-corrected chi connectivity index (χ3v) is 2.53. The van der Waals surface area contributed by atoms with Crippen molar-refractivity contribution in [3.63, 3.8) is 0 Å². The Balaban J connectivity index is 2.33. The minimum absolute atomic E-state index is 0.448. The quantitative estimate of drug-likeness (QED) is 0.701. The SMILES string of the molecule is Cc1ccc(-c2ccc(C(C)C)o2)cc1. The molecular weight excluding hydrogens is 184 g/mol. The third kappa shape index (κ3) is 2.12. The van der Waals surface area contributed by atoms with Gasteiger partial charge < -0.3 is 4.42 Å². The van der Waals surface area contributed by atoms with Crippen molar-refractivity contribution in [2.24, 2.45) is 0 Å². The van der Waals surface area contributed by atoms with Gasteiger partial charge in [-0.15, -0.1) is 0 Å². The Morgan fingerprint density at radius 2 is 1.60 bits per heavy atom. The van der Waals surface area contributed by atoms with Crippen LogP contribution in [0.4, 0.5) is 0 Å². The molecular formula is C14H16O. The van der Waals surface area contributed by atoms with Gasteiger partial charge in [-0.05, 0) is 19.1 Å². The van der Waals surface area contributed by atoms with Crippen LogP contribution in [0.2, 0.25) is 0 Å². The number of hydrogen-bond acceptors (Lipinski definition) is 1. The summed E-state index contributed by atoms with van der Waals surface area (Å²) in [5, 5.41) is 0. The average molecular weight is 200 g/mol. The molecule has 1 nitrogen and oxygen atoms in total. The van der Waals surface area contributed by atoms with E-state index in [1.807, 2.05) is 6.07 Å². The molecule has 0 saturated heterocycles. The van der Waals surface area contributed by atoms with Crippen molar-refractivity contribution < 1.29 is 4.42 Å². The maximum Gasteiger partial charge on any atom is 0.134 e. The summed E-state index contributed by atoms with van der Waals surface area (Å²) in [5.74, 6) is 2.45. The van der Waals surface area contributed by atoms with Crippen molar-refractivity contribution in [3.8, 4) is 11.3 Å². The van der Waals surface area contributed by atoms with Crippen molar-refractivity contribution in [2.45, 2.75) is 26.7 Å². The van der Waals surface area contributed by atoms with Crippen molar-refractivity contribution in [1.29, 1.82) is 0 Å². The molecule has 0 aliphatic carbocycles. The first kappa shape index (κ1) is 10.0. The van der Waals surface area contributed by atoms with Gasteiger partial charge in [0.15, 0.2) is 0 Å². The fourth-order valence-electron chi connectivity index (χ4n) is 1.54. The van der Waals surface area contributed by atoms with Gasteiger partial charge >= 0.3 is 0 Å². The highest BCUT2D eigenvalue weighted by atomic mass is 16.3. The van der Waals surface area contributed by atoms with Crippen molar-refractivity contribution in [2.75, 3.05) is 0 Å². The first-order valence-corrected chi connectivity index (χ1v) is 5.33. The topological polar surface area (TPSA) is 13.1 Å². The van der Waals surface area contributed by atoms with Gasteiger partial charge in [-0.3, -0.25) is 0 Å². The highest BCUT2D eigenvalue weighted by molar-refractivity contribution is 5.57. The standard InChI is InChI=1S/C14H16O/c1-10(2)13-8-9-14(15-13)12-6-4-11(3)5-7-12/h4-10H,1-3H3. The molecule has 15 heavy (non-hydrogen) atoms. The zero-order chi connectivity index (χ0) is 10.8. The number of rotatable bonds is 2. The van der Waals surface area contributed by atoms with Gasteiger partial charge in [0.25, 0.3) is 0 Å². The van der Waals surface area contributed by atoms with Gasteiger partial charge in [0, 0.05) is 11.5 Å². The monoisotopic (exact) mass is 200 g/mol. The summed E-state index contributed by atoms with van der Waals surface area (Å²) in [7, 11) is 0. The number of benzene rings is 1. The Kier molecular flexibility index (Phi) is 2.63. The minimum Gasteiger partial charge on any atom is -0.461 e. The number of furan rings is 1. The van der Waals surface area contributed by atoms with Gasteiger partial charge in [0.05, 0.1) is 0 Å². The minimum atomic E-state index is 0.448. The predicted octanol–water partition coefficient (Wildman–Crippen LogP) is 4.38. The second kappa shape index (κ2) is 3.93. The molecule has 0 aliphatic rings. The zero-order valence-electron chi connectivity index (χ0n) is 9.45. The van der Waals surface area contributed by atoms with E-state index in [2.05, 4.69) is 51.1 Å². The molecule has 1 heterocycles. The lowest BCUT2D eigenvalue weighted by Crippen LogP contribution is -1.80. The summed E-state index contributed by atoms with van der Waals surface area (Å²) in [4.78, 5) is 0. The van der Waals surface area contributed by atoms with Crippen LogP contribution in [0.3, 0.4) is 0 Å². The Hall–Kier alpha value is -1.50. The van der Waals surface area contributed by atoms with E-state index in [1.165, 1.54) is 5.56 Å². The third-order valence-electron chi connectivity index (χ3n) is 2.53. The number of hydrogen-bond donors (Lipinski definition) is 0. The summed E-state index contributed by atoms with van der Waals surface area (Å²) in [6.45, 7) is 6.36. The lowest BCUT2D eigenvalue weighted by molar-refractivity contribution is 0.498. The van der Waals surface area contributed by atoms with Gasteiger partial charge in [-0.1, -0.05) is 43.7 Å². The molecule has 0 radical (unpaired) electrons. The van der Waals surface area contributed by atoms with Crippen molar-refractivity contribution in [1.82, 2.24) is 0 Å². The van der Waals surface area contributed by atoms with Crippen molar-refractivity contribution >= 4 is 0 Å². The highest BCUT2D eigenvalue weighted by Crippen LogP contribution is 2.25. The van der Waals surface area contributed by atoms with Crippen LogP contribution in [0.1, 0.15) is 31.1 Å². The molecule has 0 atom stereocenters. The maximum absolute atomic E-state index is 5.77. The van der Waals surface area contributed by atoms with E-state index in [0.29, 0.717) is 5.92 Å². The second-order valence-corrected chi connectivity index (χ2v) is 4.22. The molecule has 0 amide bonds. The smallest absolute Gasteiger partial charge is 0.134 e. The molecule has 2 rings (SSSR count). The lowest BCUT2D eigenvalue weighted by Gasteiger charge is -2.00. The largest absolute Gasteiger partial charge is 0.461 e. The Labute approximate surface area is 90.7 Å². The molecule has 78 valence electrons. The van der Waals surface area contributed by atoms with Gasteiger partial charge in [-0.25, -0.2) is 0 Å². The molecule has 0 N–H and O–H groups in total. The van der Waals surface area contributed by atoms with E-state index in [4.69, 9.17) is 4.42 Å². The Bertz CT molecular complexity index is 435. The lowest BCUT2D eigenvalue weighted by atomic mass is 10.1. The van der Waals surface area contributed by atoms with Gasteiger partial charge in [0.1, 0.15) is 11.5 Å². The Morgan fingerprint density at radius 3 is 2.13 bits per heavy atom. The van der Waals surface area contributed by atoms with Gasteiger partial charge in [-0.2, -0.15) is 0 Å². The molecule has 0 fully saturated rings. The zero-order valence-corrected chi connectivity index (χ0v) is 9.45. The van der Waals surface area contributed by atoms with E-state index in [1.54, 1.807) is 0 Å². The molecule has 1 heteroatoms. The normalized spacial score (nSPS) is 10.9. The molecule has 0 saturated carbocycles. The molecule has 0 bridgehead atoms. The molecule has 2 aromatic rings. The van der Waals surface area contributed by atoms with Crippen LogP contribution in [0.5, 0.6) is 0 Å². The summed E-state index contributed by atoms with van der Waals surface area (Å²) >= 11 is 0. The van der Waals surface area contributed by atoms with E-state index >= 15 is 0 Å². The summed E-state index contributed by atoms with van der Waals surface area (Å²) in [6, 6.07) is 12.5. The number of aryl methyl sites for hydroxylation is 1. The summed E-state index contributed by atoms with van der Waals surface area (Å²) in [5.41, 5.74) is 2.42. The highest BCUT2D eigenvalue weighted by Gasteiger charge is 2.06. The molecule has 0 unspecified atom stereocenters. The van der Waals surface area contributed by atoms with E-state index < -0.39 is 0 Å². The maximum atomic E-state index is 5.77. The van der Waals surface area contributed by atoms with Crippen molar-refractivity contribution in [3.05, 3.63) is 47.7 Å². The van der Waals surface area contributed by atoms with Crippen LogP contribution in [0, 0.1) is 6.92 Å². The van der Waals surface area contributed by atoms with Crippen LogP contribution < -0.4 is 0 Å². The Morgan fingerprint density at radius 1 is 0.933 bits per heavy atom. The van der Waals surface area contributed by atoms with Gasteiger partial charge in [0.2, 0.25) is 0 Å². The van der Waals surface area contributed by atoms with Crippen LogP contribution in [-0.4, -0.2) is 0 Å². The van der Waals surface area contributed by atoms with Crippen LogP contribution in [0.15, 0.2) is 40.8 Å². The molecule has 1 aromatic carbocycles. The van der Waals surface area contributed by atoms with E-state index in [-0.39, 0.29) is 0 Å². The van der Waals surface area contributed by atoms with Crippen LogP contribution in [-0.2, 0) is 0 Å². The fourth-order valence-corrected chi connectivity index (χ4v) is 1.54.